The molecule has 0 bridgehead atoms. The SMILES string of the molecule is NCc1cccc(C=O)c1Cc1ccccc1. The van der Waals surface area contributed by atoms with Gasteiger partial charge in [-0.05, 0) is 23.1 Å². The molecule has 0 radical (unpaired) electrons. The van der Waals surface area contributed by atoms with Crippen LogP contribution in [0, 0.1) is 0 Å². The van der Waals surface area contributed by atoms with Crippen LogP contribution in [0.25, 0.3) is 0 Å². The molecular weight excluding hydrogens is 210 g/mol. The molecule has 2 N–H and O–H groups in total. The average molecular weight is 225 g/mol. The highest BCUT2D eigenvalue weighted by Crippen LogP contribution is 2.17. The normalized spacial score (nSPS) is 10.2. The minimum atomic E-state index is 0.462. The van der Waals surface area contributed by atoms with Gasteiger partial charge in [0.25, 0.3) is 0 Å². The first kappa shape index (κ1) is 11.6. The molecule has 0 aliphatic carbocycles. The summed E-state index contributed by atoms with van der Waals surface area (Å²) in [6, 6.07) is 15.8. The maximum absolute atomic E-state index is 11.0. The lowest BCUT2D eigenvalue weighted by molar-refractivity contribution is 0.112. The summed E-state index contributed by atoms with van der Waals surface area (Å²) in [6.45, 7) is 0.462. The van der Waals surface area contributed by atoms with E-state index in [9.17, 15) is 4.79 Å². The Bertz CT molecular complexity index is 506. The van der Waals surface area contributed by atoms with Crippen molar-refractivity contribution in [1.29, 1.82) is 0 Å². The van der Waals surface area contributed by atoms with E-state index in [1.54, 1.807) is 0 Å². The maximum Gasteiger partial charge on any atom is 0.150 e. The van der Waals surface area contributed by atoms with Gasteiger partial charge < -0.3 is 5.73 Å². The average Bonchev–Trinajstić information content (AvgIpc) is 2.40. The molecule has 86 valence electrons. The van der Waals surface area contributed by atoms with Crippen LogP contribution in [0.1, 0.15) is 27.0 Å². The van der Waals surface area contributed by atoms with Gasteiger partial charge in [-0.3, -0.25) is 4.79 Å². The van der Waals surface area contributed by atoms with Crippen molar-refractivity contribution >= 4 is 6.29 Å². The summed E-state index contributed by atoms with van der Waals surface area (Å²) < 4.78 is 0. The third kappa shape index (κ3) is 2.60. The Morgan fingerprint density at radius 3 is 2.41 bits per heavy atom. The number of rotatable bonds is 4. The third-order valence-electron chi connectivity index (χ3n) is 2.88. The molecule has 0 heterocycles. The zero-order valence-corrected chi connectivity index (χ0v) is 9.60. The van der Waals surface area contributed by atoms with Crippen LogP contribution in [0.4, 0.5) is 0 Å². The number of benzene rings is 2. The lowest BCUT2D eigenvalue weighted by atomic mass is 9.95. The van der Waals surface area contributed by atoms with Gasteiger partial charge in [0, 0.05) is 12.1 Å². The minimum absolute atomic E-state index is 0.462. The van der Waals surface area contributed by atoms with Gasteiger partial charge in [0.05, 0.1) is 0 Å². The first-order valence-electron chi connectivity index (χ1n) is 5.65. The van der Waals surface area contributed by atoms with Crippen molar-refractivity contribution < 1.29 is 4.79 Å². The molecule has 0 spiro atoms. The molecule has 0 fully saturated rings. The number of carbonyl (C=O) groups is 1. The summed E-state index contributed by atoms with van der Waals surface area (Å²) in [5.41, 5.74) is 9.71. The predicted octanol–water partition coefficient (Wildman–Crippen LogP) is 2.55. The number of carbonyl (C=O) groups excluding carboxylic acids is 1. The first-order valence-corrected chi connectivity index (χ1v) is 5.65. The molecule has 0 amide bonds. The van der Waals surface area contributed by atoms with E-state index in [2.05, 4.69) is 12.1 Å². The Labute approximate surface area is 101 Å². The van der Waals surface area contributed by atoms with Crippen LogP contribution in [-0.2, 0) is 13.0 Å². The molecule has 2 aromatic carbocycles. The molecule has 0 saturated carbocycles. The van der Waals surface area contributed by atoms with Gasteiger partial charge in [-0.25, -0.2) is 0 Å². The van der Waals surface area contributed by atoms with E-state index in [0.717, 1.165) is 29.4 Å². The Morgan fingerprint density at radius 2 is 1.76 bits per heavy atom. The van der Waals surface area contributed by atoms with Crippen LogP contribution in [-0.4, -0.2) is 6.29 Å². The first-order chi connectivity index (χ1) is 8.35. The fourth-order valence-corrected chi connectivity index (χ4v) is 1.97. The zero-order chi connectivity index (χ0) is 12.1. The smallest absolute Gasteiger partial charge is 0.150 e. The quantitative estimate of drug-likeness (QED) is 0.812. The summed E-state index contributed by atoms with van der Waals surface area (Å²) >= 11 is 0. The molecule has 2 heteroatoms. The van der Waals surface area contributed by atoms with E-state index in [1.165, 1.54) is 5.56 Å². The summed E-state index contributed by atoms with van der Waals surface area (Å²) in [5, 5.41) is 0. The van der Waals surface area contributed by atoms with Crippen LogP contribution in [0.5, 0.6) is 0 Å². The lowest BCUT2D eigenvalue weighted by Gasteiger charge is -2.10. The Morgan fingerprint density at radius 1 is 1.00 bits per heavy atom. The molecule has 0 aromatic heterocycles. The van der Waals surface area contributed by atoms with Gasteiger partial charge in [-0.2, -0.15) is 0 Å². The number of nitrogens with two attached hydrogens (primary N) is 1. The molecule has 0 aliphatic heterocycles. The largest absolute Gasteiger partial charge is 0.326 e. The van der Waals surface area contributed by atoms with Crippen molar-refractivity contribution in [2.24, 2.45) is 5.73 Å². The van der Waals surface area contributed by atoms with Crippen LogP contribution < -0.4 is 5.73 Å². The summed E-state index contributed by atoms with van der Waals surface area (Å²) in [6.07, 6.45) is 1.65. The lowest BCUT2D eigenvalue weighted by Crippen LogP contribution is -2.05. The standard InChI is InChI=1S/C15H15NO/c16-10-13-7-4-8-14(11-17)15(13)9-12-5-2-1-3-6-12/h1-8,11H,9-10,16H2. The Hall–Kier alpha value is -1.93. The van der Waals surface area contributed by atoms with Crippen molar-refractivity contribution in [1.82, 2.24) is 0 Å². The second-order valence-electron chi connectivity index (χ2n) is 3.97. The van der Waals surface area contributed by atoms with E-state index in [1.807, 2.05) is 36.4 Å². The fourth-order valence-electron chi connectivity index (χ4n) is 1.97. The number of hydrogen-bond acceptors (Lipinski definition) is 2. The number of hydrogen-bond donors (Lipinski definition) is 1. The second kappa shape index (κ2) is 5.41. The van der Waals surface area contributed by atoms with E-state index in [-0.39, 0.29) is 0 Å². The Balaban J connectivity index is 2.40. The summed E-state index contributed by atoms with van der Waals surface area (Å²) in [7, 11) is 0. The van der Waals surface area contributed by atoms with E-state index in [0.29, 0.717) is 6.54 Å². The van der Waals surface area contributed by atoms with Gasteiger partial charge in [-0.15, -0.1) is 0 Å². The Kier molecular flexibility index (Phi) is 3.68. The van der Waals surface area contributed by atoms with E-state index < -0.39 is 0 Å². The summed E-state index contributed by atoms with van der Waals surface area (Å²) in [4.78, 5) is 11.0. The van der Waals surface area contributed by atoms with Gasteiger partial charge in [-0.1, -0.05) is 48.5 Å². The number of aldehydes is 1. The third-order valence-corrected chi connectivity index (χ3v) is 2.88. The zero-order valence-electron chi connectivity index (χ0n) is 9.60. The molecule has 2 nitrogen and oxygen atoms in total. The van der Waals surface area contributed by atoms with Crippen LogP contribution in [0.15, 0.2) is 48.5 Å². The van der Waals surface area contributed by atoms with Crippen molar-refractivity contribution in [2.45, 2.75) is 13.0 Å². The minimum Gasteiger partial charge on any atom is -0.326 e. The molecule has 0 aliphatic rings. The second-order valence-corrected chi connectivity index (χ2v) is 3.97. The maximum atomic E-state index is 11.0. The monoisotopic (exact) mass is 225 g/mol. The fraction of sp³-hybridized carbons (Fsp3) is 0.133. The van der Waals surface area contributed by atoms with E-state index >= 15 is 0 Å². The van der Waals surface area contributed by atoms with Crippen LogP contribution >= 0.6 is 0 Å². The highest BCUT2D eigenvalue weighted by molar-refractivity contribution is 5.78. The molecule has 17 heavy (non-hydrogen) atoms. The molecule has 0 atom stereocenters. The van der Waals surface area contributed by atoms with E-state index in [4.69, 9.17) is 5.73 Å². The van der Waals surface area contributed by atoms with Crippen LogP contribution in [0.2, 0.25) is 0 Å². The van der Waals surface area contributed by atoms with Crippen LogP contribution in [0.3, 0.4) is 0 Å². The highest BCUT2D eigenvalue weighted by atomic mass is 16.1. The van der Waals surface area contributed by atoms with Gasteiger partial charge in [0.1, 0.15) is 6.29 Å². The highest BCUT2D eigenvalue weighted by Gasteiger charge is 2.07. The molecule has 2 rings (SSSR count). The van der Waals surface area contributed by atoms with Crippen molar-refractivity contribution in [3.05, 3.63) is 70.8 Å². The van der Waals surface area contributed by atoms with Gasteiger partial charge in [0.15, 0.2) is 0 Å². The molecule has 2 aromatic rings. The molecule has 0 unspecified atom stereocenters. The topological polar surface area (TPSA) is 43.1 Å². The summed E-state index contributed by atoms with van der Waals surface area (Å²) in [5.74, 6) is 0. The molecule has 0 saturated heterocycles. The molecular formula is C15H15NO. The van der Waals surface area contributed by atoms with Crippen molar-refractivity contribution in [2.75, 3.05) is 0 Å². The predicted molar refractivity (Wildman–Crippen MR) is 69.0 cm³/mol. The van der Waals surface area contributed by atoms with Gasteiger partial charge in [0.2, 0.25) is 0 Å². The van der Waals surface area contributed by atoms with Gasteiger partial charge >= 0.3 is 0 Å². The van der Waals surface area contributed by atoms with Crippen molar-refractivity contribution in [3.63, 3.8) is 0 Å². The van der Waals surface area contributed by atoms with Crippen molar-refractivity contribution in [3.8, 4) is 0 Å².